The lowest BCUT2D eigenvalue weighted by Crippen LogP contribution is -2.27. The fourth-order valence-electron chi connectivity index (χ4n) is 2.52. The van der Waals surface area contributed by atoms with E-state index < -0.39 is 11.7 Å². The zero-order valence-corrected chi connectivity index (χ0v) is 15.9. The van der Waals surface area contributed by atoms with Gasteiger partial charge in [-0.25, -0.2) is 0 Å². The van der Waals surface area contributed by atoms with Gasteiger partial charge in [-0.2, -0.15) is 13.2 Å². The molecule has 2 aromatic rings. The molecule has 0 saturated heterocycles. The van der Waals surface area contributed by atoms with Crippen molar-refractivity contribution >= 4 is 12.0 Å². The van der Waals surface area contributed by atoms with Crippen molar-refractivity contribution in [3.8, 4) is 11.5 Å². The molecule has 4 nitrogen and oxygen atoms in total. The molecule has 0 fully saturated rings. The van der Waals surface area contributed by atoms with Crippen LogP contribution in [0.4, 0.5) is 13.2 Å². The van der Waals surface area contributed by atoms with E-state index in [2.05, 4.69) is 0 Å². The number of likely N-dealkylation sites (N-methyl/N-ethyl adjacent to an activating group) is 1. The number of ether oxygens (including phenoxy) is 2. The molecule has 0 saturated carbocycles. The van der Waals surface area contributed by atoms with Gasteiger partial charge in [-0.05, 0) is 47.9 Å². The van der Waals surface area contributed by atoms with Crippen molar-refractivity contribution in [2.24, 2.45) is 0 Å². The van der Waals surface area contributed by atoms with E-state index in [0.717, 1.165) is 17.7 Å². The fourth-order valence-corrected chi connectivity index (χ4v) is 2.52. The Balaban J connectivity index is 1.93. The number of carbonyl (C=O) groups excluding carboxylic acids is 1. The van der Waals surface area contributed by atoms with Crippen LogP contribution in [0.25, 0.3) is 6.08 Å². The van der Waals surface area contributed by atoms with Crippen LogP contribution in [0.5, 0.6) is 11.5 Å². The summed E-state index contributed by atoms with van der Waals surface area (Å²) in [5, 5.41) is 0. The maximum Gasteiger partial charge on any atom is 0.416 e. The smallest absolute Gasteiger partial charge is 0.416 e. The van der Waals surface area contributed by atoms with Gasteiger partial charge in [0, 0.05) is 19.7 Å². The molecule has 28 heavy (non-hydrogen) atoms. The number of halogens is 3. The second-order valence-corrected chi connectivity index (χ2v) is 6.15. The third kappa shape index (κ3) is 5.77. The summed E-state index contributed by atoms with van der Waals surface area (Å²) in [4.78, 5) is 13.7. The zero-order chi connectivity index (χ0) is 20.7. The summed E-state index contributed by atoms with van der Waals surface area (Å²) in [6.45, 7) is 0.478. The molecule has 0 radical (unpaired) electrons. The third-order valence-electron chi connectivity index (χ3n) is 4.22. The molecule has 1 amide bonds. The summed E-state index contributed by atoms with van der Waals surface area (Å²) < 4.78 is 48.1. The van der Waals surface area contributed by atoms with Crippen molar-refractivity contribution < 1.29 is 27.4 Å². The SMILES string of the molecule is COc1ccc(CCN(C)C(=O)/C=C/c2ccc(C(F)(F)F)cc2)cc1OC. The predicted octanol–water partition coefficient (Wildman–Crippen LogP) is 4.44. The largest absolute Gasteiger partial charge is 0.493 e. The molecule has 0 spiro atoms. The number of alkyl halides is 3. The maximum atomic E-state index is 12.6. The summed E-state index contributed by atoms with van der Waals surface area (Å²) in [6.07, 6.45) is -0.911. The van der Waals surface area contributed by atoms with Crippen LogP contribution >= 0.6 is 0 Å². The molecule has 0 aliphatic carbocycles. The maximum absolute atomic E-state index is 12.6. The molecule has 150 valence electrons. The Labute approximate surface area is 162 Å². The third-order valence-corrected chi connectivity index (χ3v) is 4.22. The Morgan fingerprint density at radius 1 is 1.04 bits per heavy atom. The molecule has 0 N–H and O–H groups in total. The van der Waals surface area contributed by atoms with Gasteiger partial charge < -0.3 is 14.4 Å². The van der Waals surface area contributed by atoms with Crippen molar-refractivity contribution in [3.05, 3.63) is 65.2 Å². The molecular weight excluding hydrogens is 371 g/mol. The average Bonchev–Trinajstić information content (AvgIpc) is 2.69. The van der Waals surface area contributed by atoms with Gasteiger partial charge >= 0.3 is 6.18 Å². The minimum atomic E-state index is -4.37. The first-order chi connectivity index (χ1) is 13.2. The summed E-state index contributed by atoms with van der Waals surface area (Å²) >= 11 is 0. The number of carbonyl (C=O) groups is 1. The van der Waals surface area contributed by atoms with Crippen LogP contribution in [0.3, 0.4) is 0 Å². The first-order valence-electron chi connectivity index (χ1n) is 8.56. The zero-order valence-electron chi connectivity index (χ0n) is 15.9. The van der Waals surface area contributed by atoms with Crippen LogP contribution in [0.1, 0.15) is 16.7 Å². The molecule has 2 aromatic carbocycles. The van der Waals surface area contributed by atoms with Gasteiger partial charge in [0.25, 0.3) is 0 Å². The first kappa shape index (κ1) is 21.3. The van der Waals surface area contributed by atoms with E-state index in [1.165, 1.54) is 29.2 Å². The molecule has 0 aliphatic rings. The van der Waals surface area contributed by atoms with Crippen LogP contribution in [0, 0.1) is 0 Å². The highest BCUT2D eigenvalue weighted by molar-refractivity contribution is 5.91. The van der Waals surface area contributed by atoms with E-state index in [1.807, 2.05) is 12.1 Å². The van der Waals surface area contributed by atoms with Crippen LogP contribution in [0.2, 0.25) is 0 Å². The number of rotatable bonds is 7. The van der Waals surface area contributed by atoms with E-state index >= 15 is 0 Å². The van der Waals surface area contributed by atoms with E-state index in [-0.39, 0.29) is 5.91 Å². The van der Waals surface area contributed by atoms with Gasteiger partial charge in [-0.15, -0.1) is 0 Å². The number of benzene rings is 2. The fraction of sp³-hybridized carbons (Fsp3) is 0.286. The summed E-state index contributed by atoms with van der Waals surface area (Å²) in [5.41, 5.74) is 0.793. The quantitative estimate of drug-likeness (QED) is 0.653. The highest BCUT2D eigenvalue weighted by Crippen LogP contribution is 2.29. The first-order valence-corrected chi connectivity index (χ1v) is 8.56. The lowest BCUT2D eigenvalue weighted by Gasteiger charge is -2.16. The van der Waals surface area contributed by atoms with Gasteiger partial charge in [0.1, 0.15) is 0 Å². The van der Waals surface area contributed by atoms with Crippen LogP contribution in [0.15, 0.2) is 48.5 Å². The van der Waals surface area contributed by atoms with E-state index in [0.29, 0.717) is 30.0 Å². The molecular formula is C21H22F3NO3. The topological polar surface area (TPSA) is 38.8 Å². The van der Waals surface area contributed by atoms with Crippen molar-refractivity contribution in [1.82, 2.24) is 4.90 Å². The van der Waals surface area contributed by atoms with Crippen molar-refractivity contribution in [2.75, 3.05) is 27.8 Å². The van der Waals surface area contributed by atoms with Crippen molar-refractivity contribution in [1.29, 1.82) is 0 Å². The number of nitrogens with zero attached hydrogens (tertiary/aromatic N) is 1. The Bertz CT molecular complexity index is 830. The van der Waals surface area contributed by atoms with Gasteiger partial charge in [0.15, 0.2) is 11.5 Å². The van der Waals surface area contributed by atoms with E-state index in [4.69, 9.17) is 9.47 Å². The molecule has 0 atom stereocenters. The number of amides is 1. The Kier molecular flexibility index (Phi) is 7.09. The molecule has 0 aliphatic heterocycles. The number of hydrogen-bond acceptors (Lipinski definition) is 3. The van der Waals surface area contributed by atoms with Crippen LogP contribution in [-0.2, 0) is 17.4 Å². The number of methoxy groups -OCH3 is 2. The molecule has 0 bridgehead atoms. The summed E-state index contributed by atoms with van der Waals surface area (Å²) in [6, 6.07) is 10.2. The van der Waals surface area contributed by atoms with E-state index in [1.54, 1.807) is 27.3 Å². The molecule has 0 aromatic heterocycles. The minimum absolute atomic E-state index is 0.236. The second kappa shape index (κ2) is 9.30. The normalized spacial score (nSPS) is 11.5. The van der Waals surface area contributed by atoms with Gasteiger partial charge in [0.05, 0.1) is 19.8 Å². The standard InChI is InChI=1S/C21H22F3NO3/c1-25(13-12-16-6-10-18(27-2)19(14-16)28-3)20(26)11-7-15-4-8-17(9-5-15)21(22,23)24/h4-11,14H,12-13H2,1-3H3/b11-7+. The van der Waals surface area contributed by atoms with Gasteiger partial charge in [0.2, 0.25) is 5.91 Å². The van der Waals surface area contributed by atoms with Crippen molar-refractivity contribution in [2.45, 2.75) is 12.6 Å². The predicted molar refractivity (Wildman–Crippen MR) is 101 cm³/mol. The lowest BCUT2D eigenvalue weighted by atomic mass is 10.1. The average molecular weight is 393 g/mol. The monoisotopic (exact) mass is 393 g/mol. The Morgan fingerprint density at radius 3 is 2.25 bits per heavy atom. The lowest BCUT2D eigenvalue weighted by molar-refractivity contribution is -0.137. The summed E-state index contributed by atoms with van der Waals surface area (Å²) in [7, 11) is 4.79. The molecule has 2 rings (SSSR count). The molecule has 0 heterocycles. The van der Waals surface area contributed by atoms with Gasteiger partial charge in [-0.3, -0.25) is 4.79 Å². The highest BCUT2D eigenvalue weighted by atomic mass is 19.4. The second-order valence-electron chi connectivity index (χ2n) is 6.15. The molecule has 0 unspecified atom stereocenters. The number of hydrogen-bond donors (Lipinski definition) is 0. The van der Waals surface area contributed by atoms with Crippen LogP contribution in [-0.4, -0.2) is 38.6 Å². The Hall–Kier alpha value is -2.96. The van der Waals surface area contributed by atoms with Crippen LogP contribution < -0.4 is 9.47 Å². The molecule has 7 heteroatoms. The Morgan fingerprint density at radius 2 is 1.68 bits per heavy atom. The highest BCUT2D eigenvalue weighted by Gasteiger charge is 2.29. The van der Waals surface area contributed by atoms with Crippen molar-refractivity contribution in [3.63, 3.8) is 0 Å². The minimum Gasteiger partial charge on any atom is -0.493 e. The summed E-state index contributed by atoms with van der Waals surface area (Å²) in [5.74, 6) is 1.02. The van der Waals surface area contributed by atoms with Gasteiger partial charge in [-0.1, -0.05) is 18.2 Å². The van der Waals surface area contributed by atoms with E-state index in [9.17, 15) is 18.0 Å².